The predicted octanol–water partition coefficient (Wildman–Crippen LogP) is 5.06. The molecule has 3 amide bonds. The molecule has 2 aromatic heterocycles. The molecule has 1 saturated heterocycles. The summed E-state index contributed by atoms with van der Waals surface area (Å²) in [5.41, 5.74) is -4.32. The van der Waals surface area contributed by atoms with Crippen LogP contribution in [-0.4, -0.2) is 90.6 Å². The average Bonchev–Trinajstić information content (AvgIpc) is 3.56. The van der Waals surface area contributed by atoms with E-state index >= 15 is 4.39 Å². The Morgan fingerprint density at radius 3 is 2.10 bits per heavy atom. The van der Waals surface area contributed by atoms with Gasteiger partial charge in [-0.3, -0.25) is 4.79 Å². The highest BCUT2D eigenvalue weighted by Gasteiger charge is 2.48. The fourth-order valence-corrected chi connectivity index (χ4v) is 5.24. The van der Waals surface area contributed by atoms with Crippen molar-refractivity contribution in [3.8, 4) is 0 Å². The molecule has 1 aromatic carbocycles. The van der Waals surface area contributed by atoms with Crippen molar-refractivity contribution in [1.29, 1.82) is 0 Å². The number of rotatable bonds is 7. The zero-order valence-electron chi connectivity index (χ0n) is 29.5. The highest BCUT2D eigenvalue weighted by molar-refractivity contribution is 6.12. The third kappa shape index (κ3) is 8.44. The Labute approximate surface area is 287 Å². The van der Waals surface area contributed by atoms with Crippen molar-refractivity contribution in [2.24, 2.45) is 0 Å². The minimum atomic E-state index is -1.74. The lowest BCUT2D eigenvalue weighted by Crippen LogP contribution is -2.57. The van der Waals surface area contributed by atoms with Crippen molar-refractivity contribution in [2.45, 2.75) is 97.6 Å². The van der Waals surface area contributed by atoms with Crippen LogP contribution in [0.5, 0.6) is 0 Å². The van der Waals surface area contributed by atoms with Gasteiger partial charge in [-0.25, -0.2) is 38.5 Å². The molecule has 0 spiro atoms. The molecule has 17 heteroatoms. The van der Waals surface area contributed by atoms with Crippen LogP contribution in [0.25, 0.3) is 11.2 Å². The van der Waals surface area contributed by atoms with Gasteiger partial charge in [-0.15, -0.1) is 0 Å². The maximum atomic E-state index is 15.1. The number of nitrogens with one attached hydrogen (secondary N) is 1. The number of carbonyl (C=O) groups excluding carboxylic acids is 4. The maximum Gasteiger partial charge on any atom is 0.425 e. The Morgan fingerprint density at radius 2 is 1.56 bits per heavy atom. The van der Waals surface area contributed by atoms with Crippen LogP contribution in [0.4, 0.5) is 30.3 Å². The van der Waals surface area contributed by atoms with Crippen LogP contribution in [0, 0.1) is 5.82 Å². The van der Waals surface area contributed by atoms with Gasteiger partial charge in [0.1, 0.15) is 28.9 Å². The van der Waals surface area contributed by atoms with Gasteiger partial charge in [0, 0.05) is 24.2 Å². The summed E-state index contributed by atoms with van der Waals surface area (Å²) >= 11 is 0. The maximum absolute atomic E-state index is 15.1. The second kappa shape index (κ2) is 13.5. The molecule has 0 radical (unpaired) electrons. The van der Waals surface area contributed by atoms with E-state index in [1.165, 1.54) is 17.0 Å². The molecule has 3 heterocycles. The number of aromatic nitrogens is 4. The van der Waals surface area contributed by atoms with Crippen molar-refractivity contribution >= 4 is 53.2 Å². The van der Waals surface area contributed by atoms with Gasteiger partial charge in [0.15, 0.2) is 28.8 Å². The van der Waals surface area contributed by atoms with Crippen LogP contribution in [0.2, 0.25) is 0 Å². The first-order valence-electron chi connectivity index (χ1n) is 15.7. The number of ether oxygens (including phenoxy) is 3. The number of halogens is 1. The van der Waals surface area contributed by atoms with Gasteiger partial charge in [0.2, 0.25) is 0 Å². The number of nitrogens with zero attached hydrogens (tertiary/aromatic N) is 6. The number of carboxylic acid groups (broad SMARTS) is 1. The SMILES string of the molecule is CC(C)(C)OC(=O)NC1(C(=O)O)CCN(c2ccc(F)c(C=O)c2Cn2cnc3c(N(C(=O)OC(C)(C)C)C(=O)OC(C)(C)C)ncnc32)C1. The normalized spacial score (nSPS) is 16.6. The van der Waals surface area contributed by atoms with Gasteiger partial charge in [0.05, 0.1) is 25.0 Å². The van der Waals surface area contributed by atoms with Crippen molar-refractivity contribution in [3.05, 3.63) is 41.7 Å². The summed E-state index contributed by atoms with van der Waals surface area (Å²) in [4.78, 5) is 79.0. The number of aliphatic carboxylic acids is 1. The molecule has 4 rings (SSSR count). The lowest BCUT2D eigenvalue weighted by Gasteiger charge is -2.29. The number of aldehydes is 1. The van der Waals surface area contributed by atoms with E-state index < -0.39 is 52.4 Å². The number of fused-ring (bicyclic) bond motifs is 1. The van der Waals surface area contributed by atoms with E-state index in [2.05, 4.69) is 20.3 Å². The average molecular weight is 700 g/mol. The molecular formula is C33H42FN7O9. The highest BCUT2D eigenvalue weighted by Crippen LogP contribution is 2.34. The number of imidazole rings is 1. The van der Waals surface area contributed by atoms with E-state index in [0.717, 1.165) is 12.4 Å². The molecule has 1 atom stereocenters. The molecule has 50 heavy (non-hydrogen) atoms. The number of hydrogen-bond donors (Lipinski definition) is 2. The number of alkyl carbamates (subject to hydrolysis) is 1. The molecule has 2 N–H and O–H groups in total. The summed E-state index contributed by atoms with van der Waals surface area (Å²) in [5.74, 6) is -2.36. The number of carbonyl (C=O) groups is 5. The molecule has 0 bridgehead atoms. The minimum absolute atomic E-state index is 0.0116. The lowest BCUT2D eigenvalue weighted by atomic mass is 9.99. The van der Waals surface area contributed by atoms with E-state index in [4.69, 9.17) is 14.2 Å². The zero-order valence-corrected chi connectivity index (χ0v) is 29.5. The van der Waals surface area contributed by atoms with Crippen molar-refractivity contribution in [3.63, 3.8) is 0 Å². The molecule has 0 aliphatic carbocycles. The summed E-state index contributed by atoms with van der Waals surface area (Å²) in [7, 11) is 0. The van der Waals surface area contributed by atoms with Crippen LogP contribution in [0.15, 0.2) is 24.8 Å². The second-order valence-electron chi connectivity index (χ2n) is 14.8. The molecule has 16 nitrogen and oxygen atoms in total. The Morgan fingerprint density at radius 1 is 0.960 bits per heavy atom. The smallest absolute Gasteiger partial charge is 0.425 e. The van der Waals surface area contributed by atoms with Crippen molar-refractivity contribution < 1.29 is 47.7 Å². The first-order valence-corrected chi connectivity index (χ1v) is 15.7. The first kappa shape index (κ1) is 37.5. The van der Waals surface area contributed by atoms with E-state index in [1.807, 2.05) is 0 Å². The number of anilines is 2. The number of carboxylic acids is 1. The topological polar surface area (TPSA) is 195 Å². The number of benzene rings is 1. The van der Waals surface area contributed by atoms with E-state index in [0.29, 0.717) is 16.9 Å². The van der Waals surface area contributed by atoms with E-state index in [9.17, 15) is 29.1 Å². The monoisotopic (exact) mass is 699 g/mol. The van der Waals surface area contributed by atoms with Gasteiger partial charge >= 0.3 is 24.2 Å². The van der Waals surface area contributed by atoms with Crippen LogP contribution < -0.4 is 15.1 Å². The Hall–Kier alpha value is -5.35. The quantitative estimate of drug-likeness (QED) is 0.246. The van der Waals surface area contributed by atoms with Gasteiger partial charge in [-0.05, 0) is 74.4 Å². The standard InChI is InChI=1S/C33H42FN7O9/c1-30(2,3)48-27(45)38-33(26(43)44)12-13-39(16-33)22-11-10-21(34)20(15-42)19(22)14-40-18-37-23-24(40)35-17-36-25(23)41(28(46)49-31(4,5)6)29(47)50-32(7,8)9/h10-11,15,17-18H,12-14,16H2,1-9H3,(H,38,45)(H,43,44). The molecule has 3 aromatic rings. The van der Waals surface area contributed by atoms with Crippen LogP contribution in [0.1, 0.15) is 84.7 Å². The third-order valence-corrected chi connectivity index (χ3v) is 7.23. The fourth-order valence-electron chi connectivity index (χ4n) is 5.24. The van der Waals surface area contributed by atoms with Gasteiger partial charge < -0.3 is 34.1 Å². The van der Waals surface area contributed by atoms with Gasteiger partial charge in [-0.1, -0.05) is 0 Å². The lowest BCUT2D eigenvalue weighted by molar-refractivity contribution is -0.143. The Bertz CT molecular complexity index is 1800. The molecule has 1 fully saturated rings. The first-order chi connectivity index (χ1) is 23.0. The van der Waals surface area contributed by atoms with Crippen molar-refractivity contribution in [2.75, 3.05) is 22.9 Å². The summed E-state index contributed by atoms with van der Waals surface area (Å²) in [6.45, 7) is 14.4. The van der Waals surface area contributed by atoms with Gasteiger partial charge in [0.25, 0.3) is 0 Å². The van der Waals surface area contributed by atoms with Crippen molar-refractivity contribution in [1.82, 2.24) is 24.8 Å². The summed E-state index contributed by atoms with van der Waals surface area (Å²) in [6.07, 6.45) is -0.342. The van der Waals surface area contributed by atoms with Crippen LogP contribution in [0.3, 0.4) is 0 Å². The Kier molecular flexibility index (Phi) is 10.1. The molecule has 270 valence electrons. The number of hydrogen-bond acceptors (Lipinski definition) is 12. The summed E-state index contributed by atoms with van der Waals surface area (Å²) < 4.78 is 32.8. The fraction of sp³-hybridized carbons (Fsp3) is 0.515. The number of imide groups is 1. The third-order valence-electron chi connectivity index (χ3n) is 7.23. The zero-order chi connectivity index (χ0) is 37.4. The van der Waals surface area contributed by atoms with Gasteiger partial charge in [-0.2, -0.15) is 4.90 Å². The Balaban J connectivity index is 1.76. The minimum Gasteiger partial charge on any atom is -0.479 e. The molecule has 1 aliphatic heterocycles. The molecule has 1 aliphatic rings. The second-order valence-corrected chi connectivity index (χ2v) is 14.8. The summed E-state index contributed by atoms with van der Waals surface area (Å²) in [6, 6.07) is 2.51. The van der Waals surface area contributed by atoms with E-state index in [-0.39, 0.29) is 54.2 Å². The summed E-state index contributed by atoms with van der Waals surface area (Å²) in [5, 5.41) is 12.7. The van der Waals surface area contributed by atoms with Crippen LogP contribution >= 0.6 is 0 Å². The van der Waals surface area contributed by atoms with Crippen LogP contribution in [-0.2, 0) is 25.5 Å². The molecule has 0 saturated carbocycles. The molecule has 1 unspecified atom stereocenters. The molecular weight excluding hydrogens is 657 g/mol. The number of amides is 3. The largest absolute Gasteiger partial charge is 0.479 e. The highest BCUT2D eigenvalue weighted by atomic mass is 19.1. The van der Waals surface area contributed by atoms with E-state index in [1.54, 1.807) is 67.2 Å². The predicted molar refractivity (Wildman–Crippen MR) is 178 cm³/mol.